The fraction of sp³-hybridized carbons (Fsp3) is 0.222. The van der Waals surface area contributed by atoms with E-state index in [2.05, 4.69) is 41.4 Å². The molecule has 4 aromatic rings. The van der Waals surface area contributed by atoms with Crippen LogP contribution in [-0.2, 0) is 17.8 Å². The van der Waals surface area contributed by atoms with Gasteiger partial charge < -0.3 is 19.4 Å². The zero-order chi connectivity index (χ0) is 21.5. The summed E-state index contributed by atoms with van der Waals surface area (Å²) in [5, 5.41) is 1.13. The van der Waals surface area contributed by atoms with Gasteiger partial charge >= 0.3 is 0 Å². The number of carbonyl (C=O) groups excluding carboxylic acids is 1. The summed E-state index contributed by atoms with van der Waals surface area (Å²) in [7, 11) is 0. The summed E-state index contributed by atoms with van der Waals surface area (Å²) in [5.41, 5.74) is 5.76. The SMILES string of the molecule is O=C(C[C@H](c1cccc2c1OCO2)c1c[nH]c2ccccc12)N1CCc2ccccc2C1. The van der Waals surface area contributed by atoms with E-state index in [-0.39, 0.29) is 18.6 Å². The molecule has 1 amide bonds. The topological polar surface area (TPSA) is 54.6 Å². The van der Waals surface area contributed by atoms with Crippen molar-refractivity contribution < 1.29 is 14.3 Å². The van der Waals surface area contributed by atoms with Crippen molar-refractivity contribution in [3.05, 3.63) is 95.2 Å². The molecule has 5 nitrogen and oxygen atoms in total. The smallest absolute Gasteiger partial charge is 0.231 e. The molecule has 0 spiro atoms. The lowest BCUT2D eigenvalue weighted by molar-refractivity contribution is -0.132. The molecule has 0 radical (unpaired) electrons. The van der Waals surface area contributed by atoms with Crippen molar-refractivity contribution in [2.45, 2.75) is 25.3 Å². The van der Waals surface area contributed by atoms with Crippen molar-refractivity contribution in [3.8, 4) is 11.5 Å². The van der Waals surface area contributed by atoms with E-state index in [1.165, 1.54) is 11.1 Å². The van der Waals surface area contributed by atoms with E-state index in [0.717, 1.165) is 46.5 Å². The first-order valence-corrected chi connectivity index (χ1v) is 11.1. The number of hydrogen-bond donors (Lipinski definition) is 1. The van der Waals surface area contributed by atoms with Crippen LogP contribution in [0.25, 0.3) is 10.9 Å². The standard InChI is InChI=1S/C27H24N2O3/c30-26(29-13-12-18-6-1-2-7-19(18)16-29)14-22(21-9-5-11-25-27(21)32-17-31-25)23-15-28-24-10-4-3-8-20(23)24/h1-11,15,22,28H,12-14,16-17H2/t22-/m1/s1. The van der Waals surface area contributed by atoms with E-state index in [4.69, 9.17) is 9.47 Å². The predicted octanol–water partition coefficient (Wildman–Crippen LogP) is 5.00. The highest BCUT2D eigenvalue weighted by atomic mass is 16.7. The predicted molar refractivity (Wildman–Crippen MR) is 123 cm³/mol. The van der Waals surface area contributed by atoms with E-state index >= 15 is 0 Å². The number of nitrogens with zero attached hydrogens (tertiary/aromatic N) is 1. The molecule has 3 heterocycles. The van der Waals surface area contributed by atoms with Gasteiger partial charge in [-0.25, -0.2) is 0 Å². The average molecular weight is 425 g/mol. The van der Waals surface area contributed by atoms with Gasteiger partial charge in [-0.05, 0) is 35.2 Å². The van der Waals surface area contributed by atoms with E-state index in [0.29, 0.717) is 13.0 Å². The summed E-state index contributed by atoms with van der Waals surface area (Å²) >= 11 is 0. The minimum Gasteiger partial charge on any atom is -0.454 e. The summed E-state index contributed by atoms with van der Waals surface area (Å²) < 4.78 is 11.5. The van der Waals surface area contributed by atoms with Gasteiger partial charge in [-0.3, -0.25) is 4.79 Å². The lowest BCUT2D eigenvalue weighted by Crippen LogP contribution is -2.36. The Morgan fingerprint density at radius 3 is 2.72 bits per heavy atom. The Balaban J connectivity index is 1.37. The van der Waals surface area contributed by atoms with Crippen LogP contribution in [0.2, 0.25) is 0 Å². The zero-order valence-electron chi connectivity index (χ0n) is 17.7. The van der Waals surface area contributed by atoms with Crippen LogP contribution in [-0.4, -0.2) is 29.1 Å². The monoisotopic (exact) mass is 424 g/mol. The van der Waals surface area contributed by atoms with E-state index in [1.807, 2.05) is 41.4 Å². The number of aromatic nitrogens is 1. The number of nitrogens with one attached hydrogen (secondary N) is 1. The summed E-state index contributed by atoms with van der Waals surface area (Å²) in [6.07, 6.45) is 3.31. The highest BCUT2D eigenvalue weighted by molar-refractivity contribution is 5.86. The van der Waals surface area contributed by atoms with Crippen molar-refractivity contribution in [1.82, 2.24) is 9.88 Å². The van der Waals surface area contributed by atoms with Crippen LogP contribution in [0.15, 0.2) is 72.9 Å². The van der Waals surface area contributed by atoms with Gasteiger partial charge in [0.1, 0.15) is 0 Å². The molecule has 0 saturated heterocycles. The number of ether oxygens (including phenoxy) is 2. The molecular weight excluding hydrogens is 400 g/mol. The Hall–Kier alpha value is -3.73. The molecule has 6 rings (SSSR count). The van der Waals surface area contributed by atoms with Crippen molar-refractivity contribution in [3.63, 3.8) is 0 Å². The van der Waals surface area contributed by atoms with Gasteiger partial charge in [-0.1, -0.05) is 54.6 Å². The maximum Gasteiger partial charge on any atom is 0.231 e. The molecule has 5 heteroatoms. The third kappa shape index (κ3) is 3.21. The molecule has 2 aliphatic rings. The Labute approximate surface area is 186 Å². The van der Waals surface area contributed by atoms with Gasteiger partial charge in [0.05, 0.1) is 0 Å². The number of carbonyl (C=O) groups is 1. The minimum atomic E-state index is -0.132. The van der Waals surface area contributed by atoms with Gasteiger partial charge in [-0.2, -0.15) is 0 Å². The first-order chi connectivity index (χ1) is 15.8. The third-order valence-corrected chi connectivity index (χ3v) is 6.66. The second-order valence-electron chi connectivity index (χ2n) is 8.46. The number of para-hydroxylation sites is 2. The lowest BCUT2D eigenvalue weighted by Gasteiger charge is -2.30. The maximum atomic E-state index is 13.6. The van der Waals surface area contributed by atoms with Crippen LogP contribution in [0.5, 0.6) is 11.5 Å². The fourth-order valence-electron chi connectivity index (χ4n) is 5.01. The number of amides is 1. The highest BCUT2D eigenvalue weighted by Crippen LogP contribution is 2.44. The first-order valence-electron chi connectivity index (χ1n) is 11.1. The van der Waals surface area contributed by atoms with Crippen molar-refractivity contribution in [2.75, 3.05) is 13.3 Å². The second kappa shape index (κ2) is 7.75. The minimum absolute atomic E-state index is 0.132. The summed E-state index contributed by atoms with van der Waals surface area (Å²) in [5.74, 6) is 1.52. The number of rotatable bonds is 4. The average Bonchev–Trinajstić information content (AvgIpc) is 3.49. The molecule has 0 bridgehead atoms. The van der Waals surface area contributed by atoms with E-state index in [1.54, 1.807) is 0 Å². The van der Waals surface area contributed by atoms with Gasteiger partial charge in [0.2, 0.25) is 12.7 Å². The lowest BCUT2D eigenvalue weighted by atomic mass is 9.86. The van der Waals surface area contributed by atoms with Crippen LogP contribution in [0.1, 0.15) is 34.6 Å². The zero-order valence-corrected chi connectivity index (χ0v) is 17.7. The molecular formula is C27H24N2O3. The normalized spacial score (nSPS) is 15.6. The quantitative estimate of drug-likeness (QED) is 0.501. The van der Waals surface area contributed by atoms with Crippen molar-refractivity contribution in [1.29, 1.82) is 0 Å². The Morgan fingerprint density at radius 2 is 1.78 bits per heavy atom. The third-order valence-electron chi connectivity index (χ3n) is 6.66. The molecule has 3 aromatic carbocycles. The number of benzene rings is 3. The highest BCUT2D eigenvalue weighted by Gasteiger charge is 2.30. The first kappa shape index (κ1) is 19.0. The Kier molecular flexibility index (Phi) is 4.60. The molecule has 160 valence electrons. The summed E-state index contributed by atoms with van der Waals surface area (Å²) in [4.78, 5) is 18.9. The molecule has 32 heavy (non-hydrogen) atoms. The van der Waals surface area contributed by atoms with E-state index in [9.17, 15) is 4.79 Å². The number of hydrogen-bond acceptors (Lipinski definition) is 3. The van der Waals surface area contributed by atoms with Crippen LogP contribution in [0, 0.1) is 0 Å². The molecule has 1 aromatic heterocycles. The maximum absolute atomic E-state index is 13.6. The number of fused-ring (bicyclic) bond motifs is 3. The van der Waals surface area contributed by atoms with Crippen LogP contribution < -0.4 is 9.47 Å². The molecule has 1 N–H and O–H groups in total. The summed E-state index contributed by atoms with van der Waals surface area (Å²) in [6.45, 7) is 1.63. The fourth-order valence-corrected chi connectivity index (χ4v) is 5.01. The molecule has 1 atom stereocenters. The Bertz CT molecular complexity index is 1310. The van der Waals surface area contributed by atoms with Gasteiger partial charge in [0.25, 0.3) is 0 Å². The number of aromatic amines is 1. The molecule has 0 fully saturated rings. The van der Waals surface area contributed by atoms with Crippen LogP contribution >= 0.6 is 0 Å². The molecule has 0 saturated carbocycles. The van der Waals surface area contributed by atoms with Gasteiger partial charge in [0, 0.05) is 48.1 Å². The second-order valence-corrected chi connectivity index (χ2v) is 8.46. The molecule has 0 unspecified atom stereocenters. The van der Waals surface area contributed by atoms with Crippen molar-refractivity contribution in [2.24, 2.45) is 0 Å². The van der Waals surface area contributed by atoms with Gasteiger partial charge in [0.15, 0.2) is 11.5 Å². The number of H-pyrrole nitrogens is 1. The molecule has 2 aliphatic heterocycles. The Morgan fingerprint density at radius 1 is 0.938 bits per heavy atom. The van der Waals surface area contributed by atoms with Crippen LogP contribution in [0.3, 0.4) is 0 Å². The van der Waals surface area contributed by atoms with E-state index < -0.39 is 0 Å². The summed E-state index contributed by atoms with van der Waals surface area (Å²) in [6, 6.07) is 22.6. The largest absolute Gasteiger partial charge is 0.454 e. The van der Waals surface area contributed by atoms with Crippen molar-refractivity contribution >= 4 is 16.8 Å². The van der Waals surface area contributed by atoms with Crippen LogP contribution in [0.4, 0.5) is 0 Å². The molecule has 0 aliphatic carbocycles. The van der Waals surface area contributed by atoms with Gasteiger partial charge in [-0.15, -0.1) is 0 Å².